The standard InChI is InChI=1S/C15H19N3O/c16-15(19)13-3-4-14-12(11-13)5-8-18(14)10-9-17-6-1-2-7-17/h3-5,8,11H,1-2,6-7,9-10H2,(H2,16,19). The zero-order valence-corrected chi connectivity index (χ0v) is 11.0. The van der Waals surface area contributed by atoms with E-state index in [4.69, 9.17) is 5.73 Å². The van der Waals surface area contributed by atoms with Gasteiger partial charge in [-0.3, -0.25) is 4.79 Å². The molecule has 0 spiro atoms. The van der Waals surface area contributed by atoms with Crippen molar-refractivity contribution in [2.24, 2.45) is 5.73 Å². The van der Waals surface area contributed by atoms with Gasteiger partial charge in [-0.2, -0.15) is 0 Å². The Kier molecular flexibility index (Phi) is 3.25. The Morgan fingerprint density at radius 3 is 2.68 bits per heavy atom. The minimum absolute atomic E-state index is 0.369. The van der Waals surface area contributed by atoms with Crippen molar-refractivity contribution >= 4 is 16.8 Å². The number of primary amides is 1. The molecule has 1 fully saturated rings. The maximum atomic E-state index is 11.2. The molecule has 0 bridgehead atoms. The topological polar surface area (TPSA) is 51.3 Å². The molecule has 100 valence electrons. The molecule has 4 heteroatoms. The molecule has 1 aromatic heterocycles. The van der Waals surface area contributed by atoms with Crippen LogP contribution in [0.25, 0.3) is 10.9 Å². The molecular weight excluding hydrogens is 238 g/mol. The molecule has 4 nitrogen and oxygen atoms in total. The Morgan fingerprint density at radius 2 is 1.95 bits per heavy atom. The molecule has 0 atom stereocenters. The highest BCUT2D eigenvalue weighted by Gasteiger charge is 2.11. The number of fused-ring (bicyclic) bond motifs is 1. The van der Waals surface area contributed by atoms with Crippen LogP contribution in [-0.2, 0) is 6.54 Å². The van der Waals surface area contributed by atoms with Gasteiger partial charge in [0.25, 0.3) is 0 Å². The SMILES string of the molecule is NC(=O)c1ccc2c(ccn2CCN2CCCC2)c1. The summed E-state index contributed by atoms with van der Waals surface area (Å²) in [5, 5.41) is 1.08. The van der Waals surface area contributed by atoms with E-state index >= 15 is 0 Å². The predicted octanol–water partition coefficient (Wildman–Crippen LogP) is 1.84. The van der Waals surface area contributed by atoms with Gasteiger partial charge in [-0.15, -0.1) is 0 Å². The van der Waals surface area contributed by atoms with Crippen molar-refractivity contribution in [2.45, 2.75) is 19.4 Å². The lowest BCUT2D eigenvalue weighted by atomic mass is 10.1. The van der Waals surface area contributed by atoms with Crippen LogP contribution in [0.1, 0.15) is 23.2 Å². The van der Waals surface area contributed by atoms with E-state index in [0.29, 0.717) is 5.56 Å². The van der Waals surface area contributed by atoms with Gasteiger partial charge in [-0.05, 0) is 50.2 Å². The van der Waals surface area contributed by atoms with Crippen molar-refractivity contribution in [3.8, 4) is 0 Å². The molecule has 1 aliphatic rings. The molecule has 1 aliphatic heterocycles. The zero-order valence-electron chi connectivity index (χ0n) is 11.0. The Morgan fingerprint density at radius 1 is 1.16 bits per heavy atom. The summed E-state index contributed by atoms with van der Waals surface area (Å²) in [4.78, 5) is 13.7. The fraction of sp³-hybridized carbons (Fsp3) is 0.400. The van der Waals surface area contributed by atoms with Crippen molar-refractivity contribution < 1.29 is 4.79 Å². The Bertz CT molecular complexity index is 596. The largest absolute Gasteiger partial charge is 0.366 e. The molecule has 1 amide bonds. The van der Waals surface area contributed by atoms with Crippen molar-refractivity contribution in [3.05, 3.63) is 36.0 Å². The summed E-state index contributed by atoms with van der Waals surface area (Å²) in [6.07, 6.45) is 4.74. The maximum absolute atomic E-state index is 11.2. The van der Waals surface area contributed by atoms with Gasteiger partial charge in [-0.25, -0.2) is 0 Å². The number of likely N-dealkylation sites (tertiary alicyclic amines) is 1. The molecule has 1 saturated heterocycles. The number of benzene rings is 1. The van der Waals surface area contributed by atoms with E-state index in [0.717, 1.165) is 18.5 Å². The van der Waals surface area contributed by atoms with Crippen LogP contribution >= 0.6 is 0 Å². The first-order valence-electron chi connectivity index (χ1n) is 6.85. The number of carbonyl (C=O) groups is 1. The number of amides is 1. The monoisotopic (exact) mass is 257 g/mol. The molecule has 0 aliphatic carbocycles. The maximum Gasteiger partial charge on any atom is 0.248 e. The van der Waals surface area contributed by atoms with Gasteiger partial charge >= 0.3 is 0 Å². The van der Waals surface area contributed by atoms with Crippen molar-refractivity contribution in [3.63, 3.8) is 0 Å². The van der Waals surface area contributed by atoms with Crippen LogP contribution in [-0.4, -0.2) is 35.0 Å². The second-order valence-electron chi connectivity index (χ2n) is 5.20. The average Bonchev–Trinajstić information content (AvgIpc) is 3.05. The molecule has 3 rings (SSSR count). The first-order valence-corrected chi connectivity index (χ1v) is 6.85. The van der Waals surface area contributed by atoms with Crippen molar-refractivity contribution in [2.75, 3.05) is 19.6 Å². The van der Waals surface area contributed by atoms with Crippen LogP contribution < -0.4 is 5.73 Å². The van der Waals surface area contributed by atoms with Crippen LogP contribution in [0, 0.1) is 0 Å². The highest BCUT2D eigenvalue weighted by atomic mass is 16.1. The fourth-order valence-corrected chi connectivity index (χ4v) is 2.80. The van der Waals surface area contributed by atoms with Crippen molar-refractivity contribution in [1.29, 1.82) is 0 Å². The van der Waals surface area contributed by atoms with E-state index in [9.17, 15) is 4.79 Å². The lowest BCUT2D eigenvalue weighted by Gasteiger charge is -2.15. The van der Waals surface area contributed by atoms with Crippen LogP contribution in [0.3, 0.4) is 0 Å². The Labute approximate surface area is 112 Å². The summed E-state index contributed by atoms with van der Waals surface area (Å²) in [6.45, 7) is 4.55. The van der Waals surface area contributed by atoms with Gasteiger partial charge in [0.05, 0.1) is 0 Å². The van der Waals surface area contributed by atoms with E-state index < -0.39 is 0 Å². The van der Waals surface area contributed by atoms with Gasteiger partial charge in [0.1, 0.15) is 0 Å². The Hall–Kier alpha value is -1.81. The van der Waals surface area contributed by atoms with Crippen molar-refractivity contribution in [1.82, 2.24) is 9.47 Å². The average molecular weight is 257 g/mol. The van der Waals surface area contributed by atoms with E-state index in [1.165, 1.54) is 31.4 Å². The molecular formula is C15H19N3O. The van der Waals surface area contributed by atoms with Gasteiger partial charge in [0, 0.05) is 35.8 Å². The zero-order chi connectivity index (χ0) is 13.2. The van der Waals surface area contributed by atoms with E-state index in [1.54, 1.807) is 6.07 Å². The van der Waals surface area contributed by atoms with E-state index in [-0.39, 0.29) is 5.91 Å². The van der Waals surface area contributed by atoms with Crippen LogP contribution in [0.4, 0.5) is 0 Å². The van der Waals surface area contributed by atoms with E-state index in [2.05, 4.69) is 15.7 Å². The van der Waals surface area contributed by atoms with E-state index in [1.807, 2.05) is 18.2 Å². The second-order valence-corrected chi connectivity index (χ2v) is 5.20. The third-order valence-corrected chi connectivity index (χ3v) is 3.91. The summed E-state index contributed by atoms with van der Waals surface area (Å²) in [6, 6.07) is 7.70. The minimum Gasteiger partial charge on any atom is -0.366 e. The summed E-state index contributed by atoms with van der Waals surface area (Å²) in [5.41, 5.74) is 7.05. The highest BCUT2D eigenvalue weighted by Crippen LogP contribution is 2.18. The smallest absolute Gasteiger partial charge is 0.248 e. The highest BCUT2D eigenvalue weighted by molar-refractivity contribution is 5.97. The number of nitrogens with two attached hydrogens (primary N) is 1. The number of carbonyl (C=O) groups excluding carboxylic acids is 1. The fourth-order valence-electron chi connectivity index (χ4n) is 2.80. The number of aromatic nitrogens is 1. The molecule has 2 heterocycles. The Balaban J connectivity index is 1.78. The molecule has 2 aromatic rings. The van der Waals surface area contributed by atoms with Crippen LogP contribution in [0.15, 0.2) is 30.5 Å². The lowest BCUT2D eigenvalue weighted by molar-refractivity contribution is 0.100. The molecule has 0 unspecified atom stereocenters. The van der Waals surface area contributed by atoms with Gasteiger partial charge in [0.2, 0.25) is 5.91 Å². The molecule has 1 aromatic carbocycles. The van der Waals surface area contributed by atoms with Gasteiger partial charge in [-0.1, -0.05) is 0 Å². The van der Waals surface area contributed by atoms with Crippen LogP contribution in [0.2, 0.25) is 0 Å². The van der Waals surface area contributed by atoms with Crippen LogP contribution in [0.5, 0.6) is 0 Å². The molecule has 0 saturated carbocycles. The predicted molar refractivity (Wildman–Crippen MR) is 76.1 cm³/mol. The number of rotatable bonds is 4. The first-order chi connectivity index (χ1) is 9.24. The lowest BCUT2D eigenvalue weighted by Crippen LogP contribution is -2.23. The third kappa shape index (κ3) is 2.49. The number of hydrogen-bond donors (Lipinski definition) is 1. The molecule has 19 heavy (non-hydrogen) atoms. The quantitative estimate of drug-likeness (QED) is 0.908. The summed E-state index contributed by atoms with van der Waals surface area (Å²) < 4.78 is 2.25. The summed E-state index contributed by atoms with van der Waals surface area (Å²) >= 11 is 0. The second kappa shape index (κ2) is 5.05. The first kappa shape index (κ1) is 12.2. The number of nitrogens with zero attached hydrogens (tertiary/aromatic N) is 2. The molecule has 2 N–H and O–H groups in total. The number of hydrogen-bond acceptors (Lipinski definition) is 2. The minimum atomic E-state index is -0.369. The summed E-state index contributed by atoms with van der Waals surface area (Å²) in [7, 11) is 0. The van der Waals surface area contributed by atoms with Gasteiger partial charge < -0.3 is 15.2 Å². The normalized spacial score (nSPS) is 16.2. The van der Waals surface area contributed by atoms with Gasteiger partial charge in [0.15, 0.2) is 0 Å². The molecule has 0 radical (unpaired) electrons. The third-order valence-electron chi connectivity index (χ3n) is 3.91. The summed E-state index contributed by atoms with van der Waals surface area (Å²) in [5.74, 6) is -0.369.